The third kappa shape index (κ3) is 3.96. The topological polar surface area (TPSA) is 70.6 Å². The zero-order valence-electron chi connectivity index (χ0n) is 10.1. The maximum absolute atomic E-state index is 10.8. The van der Waals surface area contributed by atoms with E-state index in [1.54, 1.807) is 7.05 Å². The lowest BCUT2D eigenvalue weighted by atomic mass is 10.2. The fourth-order valence-corrected chi connectivity index (χ4v) is 1.42. The predicted molar refractivity (Wildman–Crippen MR) is 66.6 cm³/mol. The molecule has 0 aliphatic heterocycles. The number of likely N-dealkylation sites (N-methyl/N-ethyl adjacent to an activating group) is 1. The normalized spacial score (nSPS) is 11.9. The standard InChI is InChI=1S/C12H18N2O3/c1-3-17-11-7-5-4-6-9(11)14-8-10(13-2)12(15)16/h4-7,10,13-14H,3,8H2,1-2H3,(H,15,16). The van der Waals surface area contributed by atoms with Crippen LogP contribution in [0, 0.1) is 0 Å². The molecule has 0 saturated heterocycles. The van der Waals surface area contributed by atoms with Gasteiger partial charge in [0, 0.05) is 6.54 Å². The number of hydrogen-bond acceptors (Lipinski definition) is 4. The molecule has 3 N–H and O–H groups in total. The Hall–Kier alpha value is -1.75. The van der Waals surface area contributed by atoms with Crippen molar-refractivity contribution in [3.05, 3.63) is 24.3 Å². The highest BCUT2D eigenvalue weighted by Gasteiger charge is 2.14. The molecule has 94 valence electrons. The molecule has 0 radical (unpaired) electrons. The third-order valence-corrected chi connectivity index (χ3v) is 2.33. The summed E-state index contributed by atoms with van der Waals surface area (Å²) < 4.78 is 5.43. The van der Waals surface area contributed by atoms with Gasteiger partial charge in [0.1, 0.15) is 11.8 Å². The average molecular weight is 238 g/mol. The number of para-hydroxylation sites is 2. The number of hydrogen-bond donors (Lipinski definition) is 3. The summed E-state index contributed by atoms with van der Waals surface area (Å²) in [6, 6.07) is 6.84. The van der Waals surface area contributed by atoms with E-state index in [4.69, 9.17) is 9.84 Å². The molecule has 0 saturated carbocycles. The molecule has 0 spiro atoms. The zero-order chi connectivity index (χ0) is 12.7. The number of rotatable bonds is 7. The van der Waals surface area contributed by atoms with Crippen LogP contribution in [0.3, 0.4) is 0 Å². The molecule has 1 unspecified atom stereocenters. The molecule has 0 heterocycles. The minimum Gasteiger partial charge on any atom is -0.492 e. The van der Waals surface area contributed by atoms with Gasteiger partial charge >= 0.3 is 5.97 Å². The first kappa shape index (κ1) is 13.3. The Balaban J connectivity index is 2.64. The van der Waals surface area contributed by atoms with E-state index < -0.39 is 12.0 Å². The lowest BCUT2D eigenvalue weighted by molar-refractivity contribution is -0.138. The Bertz CT molecular complexity index is 369. The molecule has 5 heteroatoms. The first-order chi connectivity index (χ1) is 8.19. The minimum atomic E-state index is -0.881. The Morgan fingerprint density at radius 2 is 2.18 bits per heavy atom. The van der Waals surface area contributed by atoms with E-state index in [0.717, 1.165) is 11.4 Å². The number of nitrogens with one attached hydrogen (secondary N) is 2. The van der Waals surface area contributed by atoms with Crippen molar-refractivity contribution in [3.63, 3.8) is 0 Å². The summed E-state index contributed by atoms with van der Waals surface area (Å²) in [6.07, 6.45) is 0. The molecule has 0 aliphatic carbocycles. The Kier molecular flexibility index (Phi) is 5.29. The van der Waals surface area contributed by atoms with E-state index in [9.17, 15) is 4.79 Å². The van der Waals surface area contributed by atoms with Crippen LogP contribution < -0.4 is 15.4 Å². The summed E-state index contributed by atoms with van der Waals surface area (Å²) in [5.74, 6) is -0.149. The average Bonchev–Trinajstić information content (AvgIpc) is 2.32. The second-order valence-electron chi connectivity index (χ2n) is 3.49. The van der Waals surface area contributed by atoms with Crippen LogP contribution in [0.2, 0.25) is 0 Å². The quantitative estimate of drug-likeness (QED) is 0.665. The summed E-state index contributed by atoms with van der Waals surface area (Å²) in [7, 11) is 1.62. The summed E-state index contributed by atoms with van der Waals surface area (Å²) in [4.78, 5) is 10.8. The van der Waals surface area contributed by atoms with Gasteiger partial charge in [-0.25, -0.2) is 0 Å². The highest BCUT2D eigenvalue weighted by molar-refractivity contribution is 5.74. The first-order valence-corrected chi connectivity index (χ1v) is 5.54. The Morgan fingerprint density at radius 1 is 1.47 bits per heavy atom. The second-order valence-corrected chi connectivity index (χ2v) is 3.49. The second kappa shape index (κ2) is 6.75. The van der Waals surface area contributed by atoms with Gasteiger partial charge in [0.05, 0.1) is 12.3 Å². The maximum Gasteiger partial charge on any atom is 0.322 e. The van der Waals surface area contributed by atoms with Gasteiger partial charge in [-0.2, -0.15) is 0 Å². The van der Waals surface area contributed by atoms with Crippen molar-refractivity contribution < 1.29 is 14.6 Å². The molecule has 1 aromatic rings. The first-order valence-electron chi connectivity index (χ1n) is 5.54. The van der Waals surface area contributed by atoms with Crippen molar-refractivity contribution in [1.29, 1.82) is 0 Å². The molecule has 0 aliphatic rings. The lowest BCUT2D eigenvalue weighted by Crippen LogP contribution is -2.39. The number of aliphatic carboxylic acids is 1. The number of ether oxygens (including phenoxy) is 1. The van der Waals surface area contributed by atoms with Gasteiger partial charge in [0.25, 0.3) is 0 Å². The van der Waals surface area contributed by atoms with E-state index in [-0.39, 0.29) is 0 Å². The van der Waals surface area contributed by atoms with Gasteiger partial charge in [-0.05, 0) is 26.1 Å². The van der Waals surface area contributed by atoms with Crippen molar-refractivity contribution >= 4 is 11.7 Å². The SMILES string of the molecule is CCOc1ccccc1NCC(NC)C(=O)O. The number of carbonyl (C=O) groups is 1. The monoisotopic (exact) mass is 238 g/mol. The van der Waals surface area contributed by atoms with E-state index in [0.29, 0.717) is 13.2 Å². The molecule has 1 rings (SSSR count). The minimum absolute atomic E-state index is 0.302. The number of carboxylic acids is 1. The molecule has 5 nitrogen and oxygen atoms in total. The largest absolute Gasteiger partial charge is 0.492 e. The van der Waals surface area contributed by atoms with E-state index in [1.165, 1.54) is 0 Å². The molecule has 1 atom stereocenters. The number of carboxylic acid groups (broad SMARTS) is 1. The smallest absolute Gasteiger partial charge is 0.322 e. The molecule has 0 aromatic heterocycles. The molecule has 0 amide bonds. The molecule has 0 bridgehead atoms. The van der Waals surface area contributed by atoms with Gasteiger partial charge in [-0.15, -0.1) is 0 Å². The summed E-state index contributed by atoms with van der Waals surface area (Å²) >= 11 is 0. The van der Waals surface area contributed by atoms with Gasteiger partial charge in [-0.1, -0.05) is 12.1 Å². The molecule has 0 fully saturated rings. The van der Waals surface area contributed by atoms with Crippen LogP contribution >= 0.6 is 0 Å². The van der Waals surface area contributed by atoms with Crippen molar-refractivity contribution in [1.82, 2.24) is 5.32 Å². The molecular formula is C12H18N2O3. The van der Waals surface area contributed by atoms with Gasteiger partial charge in [0.15, 0.2) is 0 Å². The van der Waals surface area contributed by atoms with Gasteiger partial charge in [0.2, 0.25) is 0 Å². The van der Waals surface area contributed by atoms with Gasteiger partial charge in [-0.3, -0.25) is 4.79 Å². The molecule has 17 heavy (non-hydrogen) atoms. The van der Waals surface area contributed by atoms with E-state index >= 15 is 0 Å². The van der Waals surface area contributed by atoms with Crippen LogP contribution in [0.25, 0.3) is 0 Å². The maximum atomic E-state index is 10.8. The Labute approximate surface area is 101 Å². The number of anilines is 1. The van der Waals surface area contributed by atoms with Crippen molar-refractivity contribution in [3.8, 4) is 5.75 Å². The Morgan fingerprint density at radius 3 is 2.76 bits per heavy atom. The highest BCUT2D eigenvalue weighted by atomic mass is 16.5. The number of benzene rings is 1. The highest BCUT2D eigenvalue weighted by Crippen LogP contribution is 2.23. The molecule has 1 aromatic carbocycles. The van der Waals surface area contributed by atoms with E-state index in [1.807, 2.05) is 31.2 Å². The van der Waals surface area contributed by atoms with Crippen LogP contribution in [0.5, 0.6) is 5.75 Å². The predicted octanol–water partition coefficient (Wildman–Crippen LogP) is 1.17. The van der Waals surface area contributed by atoms with Gasteiger partial charge < -0.3 is 20.5 Å². The fourth-order valence-electron chi connectivity index (χ4n) is 1.42. The van der Waals surface area contributed by atoms with Crippen molar-refractivity contribution in [2.75, 3.05) is 25.5 Å². The fraction of sp³-hybridized carbons (Fsp3) is 0.417. The summed E-state index contributed by atoms with van der Waals surface area (Å²) in [5.41, 5.74) is 0.802. The summed E-state index contributed by atoms with van der Waals surface area (Å²) in [5, 5.41) is 14.7. The molecular weight excluding hydrogens is 220 g/mol. The third-order valence-electron chi connectivity index (χ3n) is 2.33. The van der Waals surface area contributed by atoms with Crippen molar-refractivity contribution in [2.24, 2.45) is 0 Å². The zero-order valence-corrected chi connectivity index (χ0v) is 10.1. The van der Waals surface area contributed by atoms with E-state index in [2.05, 4.69) is 10.6 Å². The van der Waals surface area contributed by atoms with Crippen LogP contribution in [0.4, 0.5) is 5.69 Å². The van der Waals surface area contributed by atoms with Crippen LogP contribution in [0.15, 0.2) is 24.3 Å². The van der Waals surface area contributed by atoms with Crippen LogP contribution in [-0.2, 0) is 4.79 Å². The lowest BCUT2D eigenvalue weighted by Gasteiger charge is -2.15. The van der Waals surface area contributed by atoms with Crippen molar-refractivity contribution in [2.45, 2.75) is 13.0 Å². The van der Waals surface area contributed by atoms with Crippen LogP contribution in [-0.4, -0.2) is 37.3 Å². The van der Waals surface area contributed by atoms with Crippen LogP contribution in [0.1, 0.15) is 6.92 Å². The summed E-state index contributed by atoms with van der Waals surface area (Å²) in [6.45, 7) is 2.79.